The Morgan fingerprint density at radius 1 is 0.871 bits per heavy atom. The Morgan fingerprint density at radius 2 is 1.52 bits per heavy atom. The molecule has 1 N–H and O–H groups in total. The van der Waals surface area contributed by atoms with Crippen LogP contribution >= 0.6 is 0 Å². The van der Waals surface area contributed by atoms with Gasteiger partial charge in [-0.15, -0.1) is 0 Å². The lowest BCUT2D eigenvalue weighted by Gasteiger charge is -2.25. The minimum atomic E-state index is -0.475. The van der Waals surface area contributed by atoms with Crippen molar-refractivity contribution in [2.75, 3.05) is 6.61 Å². The van der Waals surface area contributed by atoms with Crippen LogP contribution in [-0.4, -0.2) is 18.1 Å². The van der Waals surface area contributed by atoms with Gasteiger partial charge in [0.2, 0.25) is 5.91 Å². The Morgan fingerprint density at radius 3 is 2.19 bits per heavy atom. The second-order valence-electron chi connectivity index (χ2n) is 8.03. The first-order valence-electron chi connectivity index (χ1n) is 10.4. The lowest BCUT2D eigenvalue weighted by molar-refractivity contribution is -0.118. The quantitative estimate of drug-likeness (QED) is 0.452. The summed E-state index contributed by atoms with van der Waals surface area (Å²) in [7, 11) is 0. The van der Waals surface area contributed by atoms with Crippen LogP contribution < -0.4 is 10.1 Å². The molecule has 0 aromatic heterocycles. The lowest BCUT2D eigenvalue weighted by atomic mass is 10.1. The van der Waals surface area contributed by atoms with E-state index in [9.17, 15) is 4.79 Å². The van der Waals surface area contributed by atoms with Crippen LogP contribution in [0.15, 0.2) is 91.0 Å². The van der Waals surface area contributed by atoms with Crippen molar-refractivity contribution in [2.24, 2.45) is 0 Å². The zero-order chi connectivity index (χ0) is 21.9. The lowest BCUT2D eigenvalue weighted by Crippen LogP contribution is -2.46. The Kier molecular flexibility index (Phi) is 8.02. The van der Waals surface area contributed by atoms with Crippen LogP contribution in [0.3, 0.4) is 0 Å². The highest BCUT2D eigenvalue weighted by atomic mass is 16.5. The second-order valence-corrected chi connectivity index (χ2v) is 8.03. The van der Waals surface area contributed by atoms with Gasteiger partial charge >= 0.3 is 0 Å². The SMILES string of the molecule is CC(C)(COCc1ccccc1)NC(=O)/C=C/c1cccc(OCc2ccccc2)c1. The summed E-state index contributed by atoms with van der Waals surface area (Å²) in [4.78, 5) is 12.4. The smallest absolute Gasteiger partial charge is 0.244 e. The van der Waals surface area contributed by atoms with Gasteiger partial charge in [0, 0.05) is 6.08 Å². The van der Waals surface area contributed by atoms with Crippen molar-refractivity contribution >= 4 is 12.0 Å². The number of benzene rings is 3. The van der Waals surface area contributed by atoms with Gasteiger partial charge in [0.05, 0.1) is 18.8 Å². The molecule has 3 rings (SSSR count). The van der Waals surface area contributed by atoms with Gasteiger partial charge < -0.3 is 14.8 Å². The van der Waals surface area contributed by atoms with Crippen LogP contribution in [0.4, 0.5) is 0 Å². The Hall–Kier alpha value is -3.37. The van der Waals surface area contributed by atoms with Gasteiger partial charge in [0.15, 0.2) is 0 Å². The summed E-state index contributed by atoms with van der Waals surface area (Å²) in [5.41, 5.74) is 2.65. The van der Waals surface area contributed by atoms with Crippen LogP contribution in [0.2, 0.25) is 0 Å². The second kappa shape index (κ2) is 11.1. The van der Waals surface area contributed by atoms with Crippen LogP contribution in [0.1, 0.15) is 30.5 Å². The van der Waals surface area contributed by atoms with E-state index in [1.165, 1.54) is 6.08 Å². The molecular weight excluding hydrogens is 386 g/mol. The first-order chi connectivity index (χ1) is 15.0. The fourth-order valence-corrected chi connectivity index (χ4v) is 3.03. The number of hydrogen-bond donors (Lipinski definition) is 1. The van der Waals surface area contributed by atoms with E-state index in [4.69, 9.17) is 9.47 Å². The number of nitrogens with one attached hydrogen (secondary N) is 1. The first kappa shape index (κ1) is 22.3. The zero-order valence-electron chi connectivity index (χ0n) is 18.1. The first-order valence-corrected chi connectivity index (χ1v) is 10.4. The summed E-state index contributed by atoms with van der Waals surface area (Å²) in [5, 5.41) is 2.99. The van der Waals surface area contributed by atoms with Gasteiger partial charge in [0.25, 0.3) is 0 Å². The summed E-state index contributed by atoms with van der Waals surface area (Å²) in [6.07, 6.45) is 3.32. The fraction of sp³-hybridized carbons (Fsp3) is 0.222. The number of carbonyl (C=O) groups excluding carboxylic acids is 1. The number of hydrogen-bond acceptors (Lipinski definition) is 3. The van der Waals surface area contributed by atoms with E-state index in [1.54, 1.807) is 6.08 Å². The standard InChI is InChI=1S/C27H29NO3/c1-27(2,21-30-19-23-10-5-3-6-11-23)28-26(29)17-16-22-14-9-15-25(18-22)31-20-24-12-7-4-8-13-24/h3-18H,19-21H2,1-2H3,(H,28,29)/b17-16+. The molecule has 0 heterocycles. The van der Waals surface area contributed by atoms with Crippen LogP contribution in [-0.2, 0) is 22.7 Å². The van der Waals surface area contributed by atoms with Gasteiger partial charge in [0.1, 0.15) is 12.4 Å². The minimum absolute atomic E-state index is 0.163. The molecule has 0 unspecified atom stereocenters. The van der Waals surface area contributed by atoms with Gasteiger partial charge in [-0.3, -0.25) is 4.79 Å². The van der Waals surface area contributed by atoms with Crippen LogP contribution in [0, 0.1) is 0 Å². The average molecular weight is 416 g/mol. The number of rotatable bonds is 10. The van der Waals surface area contributed by atoms with Crippen LogP contribution in [0.5, 0.6) is 5.75 Å². The molecule has 0 spiro atoms. The van der Waals surface area contributed by atoms with Gasteiger partial charge in [-0.1, -0.05) is 72.8 Å². The third-order valence-corrected chi connectivity index (χ3v) is 4.57. The van der Waals surface area contributed by atoms with Gasteiger partial charge in [-0.2, -0.15) is 0 Å². The van der Waals surface area contributed by atoms with Crippen molar-refractivity contribution in [3.63, 3.8) is 0 Å². The maximum absolute atomic E-state index is 12.4. The van der Waals surface area contributed by atoms with Crippen molar-refractivity contribution in [1.29, 1.82) is 0 Å². The van der Waals surface area contributed by atoms with E-state index in [1.807, 2.05) is 98.8 Å². The zero-order valence-corrected chi connectivity index (χ0v) is 18.1. The molecule has 160 valence electrons. The molecule has 1 amide bonds. The predicted octanol–water partition coefficient (Wildman–Crippen LogP) is 5.39. The molecule has 0 aliphatic carbocycles. The van der Waals surface area contributed by atoms with Crippen LogP contribution in [0.25, 0.3) is 6.08 Å². The number of ether oxygens (including phenoxy) is 2. The third kappa shape index (κ3) is 8.11. The largest absolute Gasteiger partial charge is 0.489 e. The van der Waals surface area contributed by atoms with E-state index in [0.717, 1.165) is 22.4 Å². The predicted molar refractivity (Wildman–Crippen MR) is 125 cm³/mol. The number of amides is 1. The van der Waals surface area contributed by atoms with Crippen molar-refractivity contribution in [2.45, 2.75) is 32.6 Å². The molecule has 0 radical (unpaired) electrons. The molecule has 0 saturated carbocycles. The molecule has 0 bridgehead atoms. The van der Waals surface area contributed by atoms with Gasteiger partial charge in [-0.05, 0) is 48.7 Å². The Bertz CT molecular complexity index is 982. The van der Waals surface area contributed by atoms with Crippen molar-refractivity contribution < 1.29 is 14.3 Å². The molecule has 0 fully saturated rings. The summed E-state index contributed by atoms with van der Waals surface area (Å²) >= 11 is 0. The summed E-state index contributed by atoms with van der Waals surface area (Å²) < 4.78 is 11.6. The average Bonchev–Trinajstić information content (AvgIpc) is 2.78. The molecule has 4 heteroatoms. The third-order valence-electron chi connectivity index (χ3n) is 4.57. The highest BCUT2D eigenvalue weighted by Crippen LogP contribution is 2.16. The molecule has 0 aliphatic heterocycles. The molecular formula is C27H29NO3. The Balaban J connectivity index is 1.47. The highest BCUT2D eigenvalue weighted by Gasteiger charge is 2.19. The molecule has 0 aliphatic rings. The molecule has 4 nitrogen and oxygen atoms in total. The minimum Gasteiger partial charge on any atom is -0.489 e. The van der Waals surface area contributed by atoms with Crippen molar-refractivity contribution in [3.8, 4) is 5.75 Å². The molecule has 0 atom stereocenters. The summed E-state index contributed by atoms with van der Waals surface area (Å²) in [6.45, 7) is 5.34. The van der Waals surface area contributed by atoms with E-state index in [2.05, 4.69) is 5.32 Å². The fourth-order valence-electron chi connectivity index (χ4n) is 3.03. The van der Waals surface area contributed by atoms with Crippen molar-refractivity contribution in [1.82, 2.24) is 5.32 Å². The van der Waals surface area contributed by atoms with E-state index < -0.39 is 5.54 Å². The van der Waals surface area contributed by atoms with E-state index in [0.29, 0.717) is 19.8 Å². The maximum atomic E-state index is 12.4. The summed E-state index contributed by atoms with van der Waals surface area (Å²) in [5.74, 6) is 0.602. The molecule has 0 saturated heterocycles. The number of carbonyl (C=O) groups is 1. The monoisotopic (exact) mass is 415 g/mol. The van der Waals surface area contributed by atoms with Gasteiger partial charge in [-0.25, -0.2) is 0 Å². The van der Waals surface area contributed by atoms with E-state index >= 15 is 0 Å². The maximum Gasteiger partial charge on any atom is 0.244 e. The van der Waals surface area contributed by atoms with E-state index in [-0.39, 0.29) is 5.91 Å². The molecule has 3 aromatic carbocycles. The topological polar surface area (TPSA) is 47.6 Å². The van der Waals surface area contributed by atoms with Crippen molar-refractivity contribution in [3.05, 3.63) is 108 Å². The molecule has 31 heavy (non-hydrogen) atoms. The molecule has 3 aromatic rings. The highest BCUT2D eigenvalue weighted by molar-refractivity contribution is 5.92. The summed E-state index contributed by atoms with van der Waals surface area (Å²) in [6, 6.07) is 27.7. The Labute approximate surface area is 184 Å². The normalized spacial score (nSPS) is 11.4.